The third-order valence-corrected chi connectivity index (χ3v) is 7.91. The Hall–Kier alpha value is -1.82. The summed E-state index contributed by atoms with van der Waals surface area (Å²) in [6.45, 7) is 5.94. The van der Waals surface area contributed by atoms with E-state index in [0.29, 0.717) is 18.1 Å². The van der Waals surface area contributed by atoms with E-state index < -0.39 is 0 Å². The smallest absolute Gasteiger partial charge is 0.317 e. The average molecular weight is 401 g/mol. The molecule has 29 heavy (non-hydrogen) atoms. The number of carbonyl (C=O) groups is 1. The van der Waals surface area contributed by atoms with Gasteiger partial charge in [-0.25, -0.2) is 9.18 Å². The normalized spacial score (nSPS) is 30.3. The van der Waals surface area contributed by atoms with Gasteiger partial charge in [0.05, 0.1) is 0 Å². The standard InChI is InChI=1S/C23H33FN4O/c1-2-9-25-22(29)28-17-4-5-18(28)14-19(13-17)27-10-7-23(8-11-27)15-26-21-6-3-16(24)12-20(21)23/h3,6,12,17-19,26H,2,4-5,7-11,13-15H2,1H3,(H,25,29). The minimum atomic E-state index is -0.125. The van der Waals surface area contributed by atoms with Crippen molar-refractivity contribution in [1.82, 2.24) is 15.1 Å². The van der Waals surface area contributed by atoms with Crippen molar-refractivity contribution in [3.8, 4) is 0 Å². The van der Waals surface area contributed by atoms with Crippen molar-refractivity contribution in [2.24, 2.45) is 0 Å². The van der Waals surface area contributed by atoms with Crippen LogP contribution in [0.4, 0.5) is 14.9 Å². The van der Waals surface area contributed by atoms with Crippen LogP contribution in [0.2, 0.25) is 0 Å². The highest BCUT2D eigenvalue weighted by Gasteiger charge is 2.47. The van der Waals surface area contributed by atoms with Crippen LogP contribution in [0, 0.1) is 5.82 Å². The molecule has 1 aromatic carbocycles. The van der Waals surface area contributed by atoms with E-state index in [4.69, 9.17) is 0 Å². The summed E-state index contributed by atoms with van der Waals surface area (Å²) in [7, 11) is 0. The third-order valence-electron chi connectivity index (χ3n) is 7.91. The number of piperidine rings is 2. The summed E-state index contributed by atoms with van der Waals surface area (Å²) in [5.74, 6) is -0.125. The van der Waals surface area contributed by atoms with Crippen molar-refractivity contribution in [2.75, 3.05) is 31.5 Å². The molecule has 3 fully saturated rings. The van der Waals surface area contributed by atoms with E-state index in [2.05, 4.69) is 27.4 Å². The maximum atomic E-state index is 13.9. The molecule has 3 saturated heterocycles. The molecule has 2 bridgehead atoms. The topological polar surface area (TPSA) is 47.6 Å². The van der Waals surface area contributed by atoms with Crippen LogP contribution in [-0.2, 0) is 5.41 Å². The second-order valence-electron chi connectivity index (χ2n) is 9.51. The first-order valence-corrected chi connectivity index (χ1v) is 11.4. The van der Waals surface area contributed by atoms with Gasteiger partial charge < -0.3 is 20.4 Å². The summed E-state index contributed by atoms with van der Waals surface area (Å²) in [5, 5.41) is 6.58. The number of nitrogens with one attached hydrogen (secondary N) is 2. The zero-order valence-electron chi connectivity index (χ0n) is 17.4. The number of likely N-dealkylation sites (tertiary alicyclic amines) is 1. The van der Waals surface area contributed by atoms with E-state index in [-0.39, 0.29) is 17.3 Å². The van der Waals surface area contributed by atoms with Crippen LogP contribution < -0.4 is 10.6 Å². The number of fused-ring (bicyclic) bond motifs is 4. The Kier molecular flexibility index (Phi) is 4.93. The van der Waals surface area contributed by atoms with E-state index in [9.17, 15) is 9.18 Å². The van der Waals surface area contributed by atoms with Gasteiger partial charge in [0.25, 0.3) is 0 Å². The lowest BCUT2D eigenvalue weighted by Crippen LogP contribution is -2.57. The average Bonchev–Trinajstić information content (AvgIpc) is 3.21. The highest BCUT2D eigenvalue weighted by atomic mass is 19.1. The van der Waals surface area contributed by atoms with E-state index in [1.807, 2.05) is 6.07 Å². The number of nitrogens with zero attached hydrogens (tertiary/aromatic N) is 2. The maximum absolute atomic E-state index is 13.9. The SMILES string of the molecule is CCCNC(=O)N1C2CCC1CC(N1CCC3(CC1)CNc1ccc(F)cc13)C2. The van der Waals surface area contributed by atoms with Crippen molar-refractivity contribution in [3.05, 3.63) is 29.6 Å². The number of carbonyl (C=O) groups excluding carboxylic acids is 1. The van der Waals surface area contributed by atoms with Crippen molar-refractivity contribution in [2.45, 2.75) is 75.4 Å². The van der Waals surface area contributed by atoms with Crippen LogP contribution >= 0.6 is 0 Å². The minimum Gasteiger partial charge on any atom is -0.384 e. The van der Waals surface area contributed by atoms with Crippen molar-refractivity contribution >= 4 is 11.7 Å². The number of amides is 2. The molecule has 4 aliphatic heterocycles. The Morgan fingerprint density at radius 2 is 1.93 bits per heavy atom. The largest absolute Gasteiger partial charge is 0.384 e. The number of hydrogen-bond acceptors (Lipinski definition) is 3. The molecule has 2 unspecified atom stereocenters. The number of halogens is 1. The summed E-state index contributed by atoms with van der Waals surface area (Å²) >= 11 is 0. The lowest BCUT2D eigenvalue weighted by Gasteiger charge is -2.47. The molecule has 5 nitrogen and oxygen atoms in total. The molecule has 0 radical (unpaired) electrons. The third kappa shape index (κ3) is 3.29. The fraction of sp³-hybridized carbons (Fsp3) is 0.696. The molecule has 0 aliphatic carbocycles. The van der Waals surface area contributed by atoms with Gasteiger partial charge in [-0.3, -0.25) is 0 Å². The molecule has 5 rings (SSSR count). The molecule has 4 aliphatic rings. The van der Waals surface area contributed by atoms with Gasteiger partial charge in [0.2, 0.25) is 0 Å². The molecule has 1 spiro atoms. The molecule has 1 aromatic rings. The first kappa shape index (κ1) is 19.2. The fourth-order valence-electron chi connectivity index (χ4n) is 6.33. The highest BCUT2D eigenvalue weighted by molar-refractivity contribution is 5.75. The van der Waals surface area contributed by atoms with Gasteiger partial charge in [-0.2, -0.15) is 0 Å². The van der Waals surface area contributed by atoms with E-state index in [1.54, 1.807) is 12.1 Å². The Morgan fingerprint density at radius 1 is 1.21 bits per heavy atom. The molecule has 2 amide bonds. The summed E-state index contributed by atoms with van der Waals surface area (Å²) in [4.78, 5) is 17.4. The van der Waals surface area contributed by atoms with Crippen LogP contribution in [0.1, 0.15) is 57.4 Å². The van der Waals surface area contributed by atoms with Gasteiger partial charge in [0.15, 0.2) is 0 Å². The van der Waals surface area contributed by atoms with Gasteiger partial charge in [0.1, 0.15) is 5.82 Å². The zero-order valence-corrected chi connectivity index (χ0v) is 17.4. The molecule has 4 heterocycles. The lowest BCUT2D eigenvalue weighted by molar-refractivity contribution is 0.0519. The van der Waals surface area contributed by atoms with Crippen LogP contribution in [0.15, 0.2) is 18.2 Å². The fourth-order valence-corrected chi connectivity index (χ4v) is 6.33. The Balaban J connectivity index is 1.22. The quantitative estimate of drug-likeness (QED) is 0.813. The molecule has 0 aromatic heterocycles. The molecule has 0 saturated carbocycles. The number of hydrogen-bond donors (Lipinski definition) is 2. The van der Waals surface area contributed by atoms with Crippen LogP contribution in [-0.4, -0.2) is 60.1 Å². The Bertz CT molecular complexity index is 762. The zero-order chi connectivity index (χ0) is 20.0. The molecular formula is C23H33FN4O. The molecular weight excluding hydrogens is 367 g/mol. The first-order chi connectivity index (χ1) is 14.1. The van der Waals surface area contributed by atoms with Crippen LogP contribution in [0.25, 0.3) is 0 Å². The van der Waals surface area contributed by atoms with Crippen molar-refractivity contribution in [1.29, 1.82) is 0 Å². The summed E-state index contributed by atoms with van der Waals surface area (Å²) in [6, 6.07) is 6.72. The summed E-state index contributed by atoms with van der Waals surface area (Å²) in [5.41, 5.74) is 2.39. The lowest BCUT2D eigenvalue weighted by atomic mass is 9.73. The number of rotatable bonds is 3. The van der Waals surface area contributed by atoms with Crippen molar-refractivity contribution < 1.29 is 9.18 Å². The summed E-state index contributed by atoms with van der Waals surface area (Å²) in [6.07, 6.45) is 7.66. The molecule has 2 atom stereocenters. The van der Waals surface area contributed by atoms with Gasteiger partial charge >= 0.3 is 6.03 Å². The monoisotopic (exact) mass is 400 g/mol. The predicted octanol–water partition coefficient (Wildman–Crippen LogP) is 3.70. The molecule has 2 N–H and O–H groups in total. The Labute approximate surface area is 173 Å². The summed E-state index contributed by atoms with van der Waals surface area (Å²) < 4.78 is 13.9. The Morgan fingerprint density at radius 3 is 2.62 bits per heavy atom. The second kappa shape index (κ2) is 7.46. The number of urea groups is 1. The van der Waals surface area contributed by atoms with Crippen LogP contribution in [0.3, 0.4) is 0 Å². The predicted molar refractivity (Wildman–Crippen MR) is 113 cm³/mol. The van der Waals surface area contributed by atoms with Crippen LogP contribution in [0.5, 0.6) is 0 Å². The van der Waals surface area contributed by atoms with Gasteiger partial charge in [0, 0.05) is 42.3 Å². The number of benzene rings is 1. The van der Waals surface area contributed by atoms with Crippen molar-refractivity contribution in [3.63, 3.8) is 0 Å². The highest BCUT2D eigenvalue weighted by Crippen LogP contribution is 2.46. The second-order valence-corrected chi connectivity index (χ2v) is 9.51. The van der Waals surface area contributed by atoms with Gasteiger partial charge in [-0.15, -0.1) is 0 Å². The van der Waals surface area contributed by atoms with Gasteiger partial charge in [-0.05, 0) is 81.8 Å². The van der Waals surface area contributed by atoms with E-state index >= 15 is 0 Å². The number of anilines is 1. The van der Waals surface area contributed by atoms with E-state index in [0.717, 1.165) is 76.8 Å². The maximum Gasteiger partial charge on any atom is 0.317 e. The molecule has 158 valence electrons. The van der Waals surface area contributed by atoms with E-state index in [1.165, 1.54) is 5.56 Å². The molecule has 6 heteroatoms. The minimum absolute atomic E-state index is 0.0909. The van der Waals surface area contributed by atoms with Gasteiger partial charge in [-0.1, -0.05) is 6.92 Å². The first-order valence-electron chi connectivity index (χ1n) is 11.4.